The zero-order valence-corrected chi connectivity index (χ0v) is 14.4. The first-order valence-corrected chi connectivity index (χ1v) is 9.26. The average molecular weight is 343 g/mol. The van der Waals surface area contributed by atoms with Crippen LogP contribution in [0.5, 0.6) is 0 Å². The van der Waals surface area contributed by atoms with E-state index in [-0.39, 0.29) is 6.03 Å². The Hall–Kier alpha value is -2.38. The van der Waals surface area contributed by atoms with Gasteiger partial charge in [0.2, 0.25) is 5.95 Å². The molecule has 25 heavy (non-hydrogen) atoms. The molecule has 2 N–H and O–H groups in total. The van der Waals surface area contributed by atoms with Gasteiger partial charge in [-0.3, -0.25) is 10.4 Å². The summed E-state index contributed by atoms with van der Waals surface area (Å²) >= 11 is 0. The standard InChI is InChI=1S/C17H25N7O/c25-17(23-10-4-5-13(11-23)15-8-9-19-21-15)20-16-18-12-24(22-16)14-6-2-1-3-7-14/h8-9,12-14H,1-7,10-11H2,(H,19,21)(H,20,22,25)/t13-/m0/s1. The Morgan fingerprint density at radius 1 is 1.20 bits per heavy atom. The van der Waals surface area contributed by atoms with Crippen LogP contribution in [0.15, 0.2) is 18.6 Å². The van der Waals surface area contributed by atoms with E-state index >= 15 is 0 Å². The summed E-state index contributed by atoms with van der Waals surface area (Å²) in [7, 11) is 0. The van der Waals surface area contributed by atoms with Crippen LogP contribution in [-0.2, 0) is 0 Å². The molecule has 134 valence electrons. The molecule has 1 saturated heterocycles. The summed E-state index contributed by atoms with van der Waals surface area (Å²) in [6.07, 6.45) is 11.7. The smallest absolute Gasteiger partial charge is 0.324 e. The molecule has 0 radical (unpaired) electrons. The minimum atomic E-state index is -0.120. The van der Waals surface area contributed by atoms with Gasteiger partial charge in [0.15, 0.2) is 0 Å². The van der Waals surface area contributed by atoms with Gasteiger partial charge in [-0.25, -0.2) is 14.5 Å². The van der Waals surface area contributed by atoms with Gasteiger partial charge in [0.05, 0.1) is 6.04 Å². The number of rotatable bonds is 3. The molecule has 1 aliphatic carbocycles. The van der Waals surface area contributed by atoms with Crippen LogP contribution in [0, 0.1) is 0 Å². The monoisotopic (exact) mass is 343 g/mol. The molecule has 2 amide bonds. The first-order chi connectivity index (χ1) is 12.3. The first kappa shape index (κ1) is 16.1. The van der Waals surface area contributed by atoms with E-state index in [2.05, 4.69) is 25.6 Å². The van der Waals surface area contributed by atoms with Crippen molar-refractivity contribution >= 4 is 12.0 Å². The highest BCUT2D eigenvalue weighted by molar-refractivity contribution is 5.87. The quantitative estimate of drug-likeness (QED) is 0.896. The molecular weight excluding hydrogens is 318 g/mol. The van der Waals surface area contributed by atoms with Gasteiger partial charge in [-0.2, -0.15) is 5.10 Å². The predicted molar refractivity (Wildman–Crippen MR) is 93.3 cm³/mol. The van der Waals surface area contributed by atoms with E-state index in [0.29, 0.717) is 24.5 Å². The Bertz CT molecular complexity index is 690. The predicted octanol–water partition coefficient (Wildman–Crippen LogP) is 2.92. The number of anilines is 1. The molecule has 2 aliphatic rings. The van der Waals surface area contributed by atoms with E-state index < -0.39 is 0 Å². The molecule has 2 fully saturated rings. The number of aromatic amines is 1. The number of carbonyl (C=O) groups is 1. The van der Waals surface area contributed by atoms with Crippen molar-refractivity contribution in [1.82, 2.24) is 29.9 Å². The van der Waals surface area contributed by atoms with E-state index in [1.54, 1.807) is 12.5 Å². The third-order valence-electron chi connectivity index (χ3n) is 5.35. The molecule has 3 heterocycles. The fraction of sp³-hybridized carbons (Fsp3) is 0.647. The molecule has 1 atom stereocenters. The molecule has 2 aromatic heterocycles. The van der Waals surface area contributed by atoms with Gasteiger partial charge in [0, 0.05) is 30.9 Å². The van der Waals surface area contributed by atoms with Gasteiger partial charge in [-0.15, -0.1) is 5.10 Å². The maximum Gasteiger partial charge on any atom is 0.324 e. The molecule has 8 heteroatoms. The van der Waals surface area contributed by atoms with E-state index in [1.165, 1.54) is 19.3 Å². The van der Waals surface area contributed by atoms with Crippen LogP contribution >= 0.6 is 0 Å². The van der Waals surface area contributed by atoms with Crippen molar-refractivity contribution < 1.29 is 4.79 Å². The van der Waals surface area contributed by atoms with E-state index in [0.717, 1.165) is 37.9 Å². The van der Waals surface area contributed by atoms with Crippen LogP contribution in [-0.4, -0.2) is 49.0 Å². The molecule has 4 rings (SSSR count). The van der Waals surface area contributed by atoms with Crippen LogP contribution in [0.25, 0.3) is 0 Å². The van der Waals surface area contributed by atoms with Crippen molar-refractivity contribution in [3.05, 3.63) is 24.3 Å². The van der Waals surface area contributed by atoms with Gasteiger partial charge in [0.1, 0.15) is 6.33 Å². The minimum Gasteiger partial charge on any atom is -0.324 e. The fourth-order valence-corrected chi connectivity index (χ4v) is 3.94. The van der Waals surface area contributed by atoms with Crippen LogP contribution in [0.2, 0.25) is 0 Å². The second-order valence-corrected chi connectivity index (χ2v) is 7.07. The maximum absolute atomic E-state index is 12.6. The number of amides is 2. The number of hydrogen-bond donors (Lipinski definition) is 2. The summed E-state index contributed by atoms with van der Waals surface area (Å²) in [5.41, 5.74) is 1.09. The number of urea groups is 1. The van der Waals surface area contributed by atoms with Gasteiger partial charge < -0.3 is 4.90 Å². The third-order valence-corrected chi connectivity index (χ3v) is 5.35. The zero-order chi connectivity index (χ0) is 17.1. The lowest BCUT2D eigenvalue weighted by molar-refractivity contribution is 0.192. The summed E-state index contributed by atoms with van der Waals surface area (Å²) in [5, 5.41) is 14.4. The molecular formula is C17H25N7O. The summed E-state index contributed by atoms with van der Waals surface area (Å²) in [4.78, 5) is 18.7. The largest absolute Gasteiger partial charge is 0.324 e. The number of likely N-dealkylation sites (tertiary alicyclic amines) is 1. The maximum atomic E-state index is 12.6. The average Bonchev–Trinajstić information content (AvgIpc) is 3.35. The molecule has 1 saturated carbocycles. The molecule has 0 unspecified atom stereocenters. The van der Waals surface area contributed by atoms with Crippen molar-refractivity contribution in [1.29, 1.82) is 0 Å². The summed E-state index contributed by atoms with van der Waals surface area (Å²) < 4.78 is 1.92. The van der Waals surface area contributed by atoms with Crippen molar-refractivity contribution in [2.24, 2.45) is 0 Å². The van der Waals surface area contributed by atoms with Crippen molar-refractivity contribution in [3.63, 3.8) is 0 Å². The summed E-state index contributed by atoms with van der Waals surface area (Å²) in [5.74, 6) is 0.717. The number of hydrogen-bond acceptors (Lipinski definition) is 4. The molecule has 1 aliphatic heterocycles. The Balaban J connectivity index is 1.36. The topological polar surface area (TPSA) is 91.7 Å². The second kappa shape index (κ2) is 7.25. The first-order valence-electron chi connectivity index (χ1n) is 9.26. The van der Waals surface area contributed by atoms with E-state index in [4.69, 9.17) is 0 Å². The minimum absolute atomic E-state index is 0.120. The molecule has 0 spiro atoms. The van der Waals surface area contributed by atoms with Crippen molar-refractivity contribution in [3.8, 4) is 0 Å². The van der Waals surface area contributed by atoms with Crippen molar-refractivity contribution in [2.45, 2.75) is 56.9 Å². The number of H-pyrrole nitrogens is 1. The number of piperidine rings is 1. The summed E-state index contributed by atoms with van der Waals surface area (Å²) in [6.45, 7) is 1.46. The van der Waals surface area contributed by atoms with Crippen LogP contribution in [0.3, 0.4) is 0 Å². The van der Waals surface area contributed by atoms with Gasteiger partial charge in [-0.1, -0.05) is 19.3 Å². The Morgan fingerprint density at radius 3 is 2.88 bits per heavy atom. The van der Waals surface area contributed by atoms with E-state index in [1.807, 2.05) is 15.6 Å². The Kier molecular flexibility index (Phi) is 4.67. The number of nitrogens with one attached hydrogen (secondary N) is 2. The highest BCUT2D eigenvalue weighted by Crippen LogP contribution is 2.28. The highest BCUT2D eigenvalue weighted by atomic mass is 16.2. The highest BCUT2D eigenvalue weighted by Gasteiger charge is 2.26. The van der Waals surface area contributed by atoms with Gasteiger partial charge in [0.25, 0.3) is 0 Å². The summed E-state index contributed by atoms with van der Waals surface area (Å²) in [6, 6.07) is 2.29. The Labute approximate surface area is 147 Å². The lowest BCUT2D eigenvalue weighted by Gasteiger charge is -2.31. The molecule has 0 bridgehead atoms. The fourth-order valence-electron chi connectivity index (χ4n) is 3.94. The second-order valence-electron chi connectivity index (χ2n) is 7.07. The normalized spacial score (nSPS) is 22.1. The third kappa shape index (κ3) is 3.67. The van der Waals surface area contributed by atoms with E-state index in [9.17, 15) is 4.79 Å². The van der Waals surface area contributed by atoms with Crippen LogP contribution < -0.4 is 5.32 Å². The number of carbonyl (C=O) groups excluding carboxylic acids is 1. The van der Waals surface area contributed by atoms with Gasteiger partial charge >= 0.3 is 6.03 Å². The molecule has 8 nitrogen and oxygen atoms in total. The Morgan fingerprint density at radius 2 is 2.08 bits per heavy atom. The lowest BCUT2D eigenvalue weighted by atomic mass is 9.95. The van der Waals surface area contributed by atoms with Crippen LogP contribution in [0.1, 0.15) is 62.6 Å². The number of aromatic nitrogens is 5. The van der Waals surface area contributed by atoms with Crippen molar-refractivity contribution in [2.75, 3.05) is 18.4 Å². The SMILES string of the molecule is O=C(Nc1ncn(C2CCCCC2)n1)N1CCC[C@H](c2ccn[nH]2)C1. The molecule has 0 aromatic carbocycles. The molecule has 2 aromatic rings. The van der Waals surface area contributed by atoms with Gasteiger partial charge in [-0.05, 0) is 31.7 Å². The zero-order valence-electron chi connectivity index (χ0n) is 14.4. The number of nitrogens with zero attached hydrogens (tertiary/aromatic N) is 5. The lowest BCUT2D eigenvalue weighted by Crippen LogP contribution is -2.41. The van der Waals surface area contributed by atoms with Crippen LogP contribution in [0.4, 0.5) is 10.7 Å².